The molecule has 0 fully saturated rings. The molecule has 5 nitrogen and oxygen atoms in total. The summed E-state index contributed by atoms with van der Waals surface area (Å²) >= 11 is 0. The standard InChI is InChI=1S/C15H11FO5/c16-12-1-3-13(4-2-12)21-14-6-10(8-20-9-17)5-11(7-14)15(18)19/h1-7,9H,8H2,(H,18,19). The molecule has 0 bridgehead atoms. The zero-order chi connectivity index (χ0) is 15.2. The van der Waals surface area contributed by atoms with Crippen LogP contribution in [0.15, 0.2) is 42.5 Å². The van der Waals surface area contributed by atoms with Gasteiger partial charge in [-0.2, -0.15) is 0 Å². The summed E-state index contributed by atoms with van der Waals surface area (Å²) < 4.78 is 22.9. The second-order valence-corrected chi connectivity index (χ2v) is 4.13. The van der Waals surface area contributed by atoms with Gasteiger partial charge in [-0.05, 0) is 48.0 Å². The molecule has 0 unspecified atom stereocenters. The first-order chi connectivity index (χ1) is 10.1. The molecule has 6 heteroatoms. The second kappa shape index (κ2) is 6.51. The van der Waals surface area contributed by atoms with Gasteiger partial charge in [-0.15, -0.1) is 0 Å². The molecule has 0 aliphatic rings. The summed E-state index contributed by atoms with van der Waals surface area (Å²) in [7, 11) is 0. The molecule has 0 aromatic heterocycles. The summed E-state index contributed by atoms with van der Waals surface area (Å²) in [6.45, 7) is 0.207. The Balaban J connectivity index is 2.28. The molecule has 21 heavy (non-hydrogen) atoms. The molecule has 1 N–H and O–H groups in total. The first-order valence-corrected chi connectivity index (χ1v) is 5.94. The Kier molecular flexibility index (Phi) is 4.50. The molecule has 2 aromatic rings. The maximum Gasteiger partial charge on any atom is 0.335 e. The second-order valence-electron chi connectivity index (χ2n) is 4.13. The zero-order valence-electron chi connectivity index (χ0n) is 10.8. The molecular formula is C15H11FO5. The molecule has 0 amide bonds. The Morgan fingerprint density at radius 1 is 1.14 bits per heavy atom. The van der Waals surface area contributed by atoms with Crippen molar-refractivity contribution in [1.82, 2.24) is 0 Å². The maximum absolute atomic E-state index is 12.8. The van der Waals surface area contributed by atoms with E-state index in [9.17, 15) is 14.0 Å². The zero-order valence-corrected chi connectivity index (χ0v) is 10.8. The third-order valence-electron chi connectivity index (χ3n) is 2.58. The fourth-order valence-electron chi connectivity index (χ4n) is 1.70. The van der Waals surface area contributed by atoms with E-state index in [0.29, 0.717) is 11.3 Å². The number of carbonyl (C=O) groups is 2. The summed E-state index contributed by atoms with van der Waals surface area (Å²) in [4.78, 5) is 21.3. The molecule has 0 aliphatic heterocycles. The van der Waals surface area contributed by atoms with Gasteiger partial charge in [0.25, 0.3) is 6.47 Å². The maximum atomic E-state index is 12.8. The van der Waals surface area contributed by atoms with Crippen LogP contribution in [0.1, 0.15) is 15.9 Å². The molecule has 0 spiro atoms. The van der Waals surface area contributed by atoms with Crippen LogP contribution in [0, 0.1) is 5.82 Å². The van der Waals surface area contributed by atoms with E-state index in [1.807, 2.05) is 0 Å². The van der Waals surface area contributed by atoms with Crippen LogP contribution in [0.4, 0.5) is 4.39 Å². The smallest absolute Gasteiger partial charge is 0.335 e. The molecule has 0 aliphatic carbocycles. The normalized spacial score (nSPS) is 9.95. The predicted octanol–water partition coefficient (Wildman–Crippen LogP) is 2.99. The highest BCUT2D eigenvalue weighted by molar-refractivity contribution is 5.88. The van der Waals surface area contributed by atoms with Crippen LogP contribution in [0.5, 0.6) is 11.5 Å². The van der Waals surface area contributed by atoms with Gasteiger partial charge in [-0.25, -0.2) is 9.18 Å². The Morgan fingerprint density at radius 3 is 2.48 bits per heavy atom. The molecule has 0 saturated carbocycles. The van der Waals surface area contributed by atoms with Crippen molar-refractivity contribution in [3.05, 3.63) is 59.4 Å². The molecule has 0 saturated heterocycles. The molecule has 2 aromatic carbocycles. The number of halogens is 1. The van der Waals surface area contributed by atoms with Gasteiger partial charge in [0.05, 0.1) is 5.56 Å². The van der Waals surface area contributed by atoms with Crippen molar-refractivity contribution in [2.75, 3.05) is 0 Å². The number of aromatic carboxylic acids is 1. The molecular weight excluding hydrogens is 279 g/mol. The van der Waals surface area contributed by atoms with Crippen LogP contribution < -0.4 is 4.74 Å². The summed E-state index contributed by atoms with van der Waals surface area (Å²) in [5, 5.41) is 9.05. The summed E-state index contributed by atoms with van der Waals surface area (Å²) in [5.41, 5.74) is 0.471. The molecule has 0 radical (unpaired) electrons. The van der Waals surface area contributed by atoms with Gasteiger partial charge in [-0.1, -0.05) is 0 Å². The minimum absolute atomic E-state index is 0.000823. The minimum atomic E-state index is -1.13. The number of rotatable bonds is 6. The summed E-state index contributed by atoms with van der Waals surface area (Å²) in [6.07, 6.45) is 0. The van der Waals surface area contributed by atoms with Crippen LogP contribution in [-0.4, -0.2) is 17.5 Å². The Hall–Kier alpha value is -2.89. The largest absolute Gasteiger partial charge is 0.478 e. The van der Waals surface area contributed by atoms with Crippen molar-refractivity contribution >= 4 is 12.4 Å². The number of ether oxygens (including phenoxy) is 2. The predicted molar refractivity (Wildman–Crippen MR) is 70.7 cm³/mol. The van der Waals surface area contributed by atoms with E-state index < -0.39 is 11.8 Å². The SMILES string of the molecule is O=COCc1cc(Oc2ccc(F)cc2)cc(C(=O)O)c1. The van der Waals surface area contributed by atoms with Gasteiger partial charge in [-0.3, -0.25) is 4.79 Å². The number of carbonyl (C=O) groups excluding carboxylic acids is 1. The van der Waals surface area contributed by atoms with E-state index in [2.05, 4.69) is 4.74 Å². The van der Waals surface area contributed by atoms with Gasteiger partial charge < -0.3 is 14.6 Å². The van der Waals surface area contributed by atoms with Crippen LogP contribution in [-0.2, 0) is 16.1 Å². The first kappa shape index (κ1) is 14.5. The first-order valence-electron chi connectivity index (χ1n) is 5.94. The lowest BCUT2D eigenvalue weighted by Crippen LogP contribution is -2.00. The number of benzene rings is 2. The van der Waals surface area contributed by atoms with Gasteiger partial charge in [0.1, 0.15) is 23.9 Å². The van der Waals surface area contributed by atoms with E-state index in [4.69, 9.17) is 9.84 Å². The van der Waals surface area contributed by atoms with Gasteiger partial charge >= 0.3 is 5.97 Å². The van der Waals surface area contributed by atoms with E-state index in [0.717, 1.165) is 0 Å². The number of hydrogen-bond donors (Lipinski definition) is 1. The van der Waals surface area contributed by atoms with E-state index in [-0.39, 0.29) is 24.4 Å². The van der Waals surface area contributed by atoms with Crippen LogP contribution >= 0.6 is 0 Å². The van der Waals surface area contributed by atoms with Crippen molar-refractivity contribution in [3.63, 3.8) is 0 Å². The van der Waals surface area contributed by atoms with Crippen molar-refractivity contribution in [3.8, 4) is 11.5 Å². The molecule has 0 heterocycles. The average molecular weight is 290 g/mol. The highest BCUT2D eigenvalue weighted by atomic mass is 19.1. The van der Waals surface area contributed by atoms with Crippen LogP contribution in [0.2, 0.25) is 0 Å². The Morgan fingerprint density at radius 2 is 1.86 bits per heavy atom. The molecule has 0 atom stereocenters. The van der Waals surface area contributed by atoms with Crippen LogP contribution in [0.25, 0.3) is 0 Å². The fraction of sp³-hybridized carbons (Fsp3) is 0.0667. The van der Waals surface area contributed by atoms with Crippen molar-refractivity contribution in [1.29, 1.82) is 0 Å². The Bertz CT molecular complexity index is 652. The highest BCUT2D eigenvalue weighted by Crippen LogP contribution is 2.24. The quantitative estimate of drug-likeness (QED) is 0.828. The third-order valence-corrected chi connectivity index (χ3v) is 2.58. The summed E-state index contributed by atoms with van der Waals surface area (Å²) in [6, 6.07) is 9.55. The molecule has 2 rings (SSSR count). The summed E-state index contributed by atoms with van der Waals surface area (Å²) in [5.74, 6) is -0.916. The lowest BCUT2D eigenvalue weighted by atomic mass is 10.1. The van der Waals surface area contributed by atoms with Crippen LogP contribution in [0.3, 0.4) is 0 Å². The van der Waals surface area contributed by atoms with E-state index in [1.54, 1.807) is 6.07 Å². The van der Waals surface area contributed by atoms with Gasteiger partial charge in [0, 0.05) is 0 Å². The fourth-order valence-corrected chi connectivity index (χ4v) is 1.70. The Labute approximate surface area is 119 Å². The monoisotopic (exact) mass is 290 g/mol. The van der Waals surface area contributed by atoms with Crippen molar-refractivity contribution < 1.29 is 28.6 Å². The third kappa shape index (κ3) is 4.04. The number of carboxylic acid groups (broad SMARTS) is 1. The van der Waals surface area contributed by atoms with Crippen molar-refractivity contribution in [2.45, 2.75) is 6.61 Å². The van der Waals surface area contributed by atoms with E-state index >= 15 is 0 Å². The number of carboxylic acids is 1. The average Bonchev–Trinajstić information content (AvgIpc) is 2.47. The minimum Gasteiger partial charge on any atom is -0.478 e. The topological polar surface area (TPSA) is 72.8 Å². The van der Waals surface area contributed by atoms with Gasteiger partial charge in [0.15, 0.2) is 0 Å². The highest BCUT2D eigenvalue weighted by Gasteiger charge is 2.09. The van der Waals surface area contributed by atoms with E-state index in [1.165, 1.54) is 36.4 Å². The van der Waals surface area contributed by atoms with Gasteiger partial charge in [0.2, 0.25) is 0 Å². The lowest BCUT2D eigenvalue weighted by molar-refractivity contribution is -0.129. The lowest BCUT2D eigenvalue weighted by Gasteiger charge is -2.09. The molecule has 108 valence electrons. The van der Waals surface area contributed by atoms with Crippen molar-refractivity contribution in [2.24, 2.45) is 0 Å². The number of hydrogen-bond acceptors (Lipinski definition) is 4.